The molecule has 0 aliphatic heterocycles. The van der Waals surface area contributed by atoms with Gasteiger partial charge in [-0.2, -0.15) is 0 Å². The van der Waals surface area contributed by atoms with Crippen molar-refractivity contribution in [3.63, 3.8) is 0 Å². The Bertz CT molecular complexity index is 1860. The molecular formula is C41H30Cl2Se2. The van der Waals surface area contributed by atoms with Crippen LogP contribution in [0.1, 0.15) is 22.3 Å². The molecule has 0 unspecified atom stereocenters. The molecule has 0 N–H and O–H groups in total. The molecule has 45 heavy (non-hydrogen) atoms. The average Bonchev–Trinajstić information content (AvgIpc) is 3.09. The Morgan fingerprint density at radius 3 is 1.47 bits per heavy atom. The molecule has 4 heteroatoms. The number of halogens is 2. The van der Waals surface area contributed by atoms with Crippen LogP contribution in [0.25, 0.3) is 11.1 Å². The third kappa shape index (κ3) is 8.18. The van der Waals surface area contributed by atoms with Crippen LogP contribution >= 0.6 is 23.2 Å². The van der Waals surface area contributed by atoms with Gasteiger partial charge >= 0.3 is 291 Å². The molecule has 6 aromatic carbocycles. The molecular weight excluding hydrogens is 721 g/mol. The first-order valence-corrected chi connectivity index (χ1v) is 19.2. The minimum atomic E-state index is -0.0133. The van der Waals surface area contributed by atoms with E-state index in [-0.39, 0.29) is 29.9 Å². The summed E-state index contributed by atoms with van der Waals surface area (Å²) in [4.78, 5) is 0. The van der Waals surface area contributed by atoms with E-state index >= 15 is 0 Å². The summed E-state index contributed by atoms with van der Waals surface area (Å²) in [5.74, 6) is 0. The molecule has 6 rings (SSSR count). The van der Waals surface area contributed by atoms with E-state index in [1.165, 1.54) is 41.2 Å². The van der Waals surface area contributed by atoms with Crippen molar-refractivity contribution in [2.45, 2.75) is 5.32 Å². The van der Waals surface area contributed by atoms with E-state index in [9.17, 15) is 0 Å². The van der Waals surface area contributed by atoms with Gasteiger partial charge in [0, 0.05) is 0 Å². The Balaban J connectivity index is 1.73. The van der Waals surface area contributed by atoms with Crippen molar-refractivity contribution in [3.05, 3.63) is 212 Å². The van der Waals surface area contributed by atoms with Crippen LogP contribution in [0.3, 0.4) is 0 Å². The van der Waals surface area contributed by atoms with Crippen LogP contribution in [0.15, 0.2) is 180 Å². The van der Waals surface area contributed by atoms with Gasteiger partial charge < -0.3 is 0 Å². The van der Waals surface area contributed by atoms with Crippen molar-refractivity contribution < 1.29 is 0 Å². The summed E-state index contributed by atoms with van der Waals surface area (Å²) >= 11 is 13.3. The second kappa shape index (κ2) is 15.6. The number of allylic oxidation sites excluding steroid dienone is 2. The van der Waals surface area contributed by atoms with Crippen LogP contribution in [-0.4, -0.2) is 29.9 Å². The molecule has 0 saturated heterocycles. The summed E-state index contributed by atoms with van der Waals surface area (Å²) in [7, 11) is 0. The van der Waals surface area contributed by atoms with Crippen molar-refractivity contribution >= 4 is 73.2 Å². The molecule has 0 bridgehead atoms. The Kier molecular flexibility index (Phi) is 10.9. The van der Waals surface area contributed by atoms with Gasteiger partial charge in [-0.15, -0.1) is 0 Å². The van der Waals surface area contributed by atoms with Crippen molar-refractivity contribution in [1.29, 1.82) is 0 Å². The van der Waals surface area contributed by atoms with Gasteiger partial charge in [0.05, 0.1) is 0 Å². The summed E-state index contributed by atoms with van der Waals surface area (Å²) in [6.07, 6.45) is 0. The predicted molar refractivity (Wildman–Crippen MR) is 196 cm³/mol. The summed E-state index contributed by atoms with van der Waals surface area (Å²) in [6.45, 7) is 0. The van der Waals surface area contributed by atoms with Gasteiger partial charge in [0.25, 0.3) is 0 Å². The van der Waals surface area contributed by atoms with E-state index in [0.29, 0.717) is 0 Å². The van der Waals surface area contributed by atoms with E-state index in [1.807, 2.05) is 18.2 Å². The second-order valence-electron chi connectivity index (χ2n) is 10.3. The molecule has 0 fully saturated rings. The Morgan fingerprint density at radius 1 is 0.422 bits per heavy atom. The van der Waals surface area contributed by atoms with Gasteiger partial charge in [0.1, 0.15) is 0 Å². The van der Waals surface area contributed by atoms with Crippen LogP contribution in [-0.2, 0) is 0 Å². The van der Waals surface area contributed by atoms with Gasteiger partial charge in [-0.3, -0.25) is 0 Å². The number of benzene rings is 6. The maximum atomic E-state index is 6.70. The van der Waals surface area contributed by atoms with Crippen LogP contribution < -0.4 is 8.92 Å². The molecule has 0 aliphatic carbocycles. The molecule has 0 spiro atoms. The molecule has 0 amide bonds. The first-order chi connectivity index (χ1) is 22.2. The number of hydrogen-bond acceptors (Lipinski definition) is 0. The molecule has 6 aromatic rings. The predicted octanol–water partition coefficient (Wildman–Crippen LogP) is 9.73. The third-order valence-corrected chi connectivity index (χ3v) is 12.4. The van der Waals surface area contributed by atoms with Crippen molar-refractivity contribution in [2.24, 2.45) is 0 Å². The number of rotatable bonds is 10. The molecule has 0 aliphatic rings. The molecule has 0 saturated carbocycles. The molecule has 220 valence electrons. The zero-order chi connectivity index (χ0) is 30.8. The minimum absolute atomic E-state index is 0.0133. The van der Waals surface area contributed by atoms with Crippen LogP contribution in [0.5, 0.6) is 0 Å². The Hall–Kier alpha value is -3.58. The fraction of sp³-hybridized carbons (Fsp3) is 0.0244. The molecule has 0 heterocycles. The van der Waals surface area contributed by atoms with Gasteiger partial charge in [-0.25, -0.2) is 0 Å². The fourth-order valence-corrected chi connectivity index (χ4v) is 10.4. The molecule has 0 aromatic heterocycles. The average molecular weight is 752 g/mol. The van der Waals surface area contributed by atoms with Crippen molar-refractivity contribution in [3.8, 4) is 0 Å². The quantitative estimate of drug-likeness (QED) is 0.0967. The molecule has 0 radical (unpaired) electrons. The zero-order valence-corrected chi connectivity index (χ0v) is 29.4. The molecule has 0 nitrogen and oxygen atoms in total. The summed E-state index contributed by atoms with van der Waals surface area (Å²) in [6, 6.07) is 60.0. The number of hydrogen-bond donors (Lipinski definition) is 0. The second-order valence-corrected chi connectivity index (χ2v) is 15.7. The van der Waals surface area contributed by atoms with E-state index < -0.39 is 0 Å². The van der Waals surface area contributed by atoms with Crippen LogP contribution in [0.4, 0.5) is 0 Å². The van der Waals surface area contributed by atoms with E-state index in [1.54, 1.807) is 0 Å². The van der Waals surface area contributed by atoms with Crippen LogP contribution in [0, 0.1) is 0 Å². The third-order valence-electron chi connectivity index (χ3n) is 7.26. The van der Waals surface area contributed by atoms with Gasteiger partial charge in [-0.1, -0.05) is 0 Å². The fourth-order valence-electron chi connectivity index (χ4n) is 5.21. The first kappa shape index (κ1) is 31.4. The van der Waals surface area contributed by atoms with Gasteiger partial charge in [0.15, 0.2) is 0 Å². The van der Waals surface area contributed by atoms with Gasteiger partial charge in [0.2, 0.25) is 0 Å². The van der Waals surface area contributed by atoms with Crippen LogP contribution in [0.2, 0.25) is 15.4 Å². The summed E-state index contributed by atoms with van der Waals surface area (Å²) < 4.78 is 4.07. The van der Waals surface area contributed by atoms with E-state index in [4.69, 9.17) is 23.2 Å². The first-order valence-electron chi connectivity index (χ1n) is 14.7. The zero-order valence-electron chi connectivity index (χ0n) is 24.4. The normalized spacial score (nSPS) is 11.5. The monoisotopic (exact) mass is 752 g/mol. The van der Waals surface area contributed by atoms with Crippen molar-refractivity contribution in [2.75, 3.05) is 0 Å². The standard InChI is InChI=1S/C41H30Cl2Se2/c42-34-26-24-32(25-27-34)39(33-18-13-19-35(43)28-33)38(29-44-36-20-9-3-10-21-36)41(45-37-22-11-4-12-23-37)40(30-14-5-1-6-15-30)31-16-7-2-8-17-31/h1-28H,29H2/b39-38+. The SMILES string of the molecule is Clc1ccc(/C(=C(/C[Se]c2ccccc2)C([Se]c2ccccc2)=C(c2ccccc2)c2ccccc2)c2cccc(Cl)c2)cc1. The van der Waals surface area contributed by atoms with Gasteiger partial charge in [-0.05, 0) is 0 Å². The summed E-state index contributed by atoms with van der Waals surface area (Å²) in [5.41, 5.74) is 8.46. The van der Waals surface area contributed by atoms with E-state index in [0.717, 1.165) is 26.5 Å². The summed E-state index contributed by atoms with van der Waals surface area (Å²) in [5, 5.41) is 2.35. The van der Waals surface area contributed by atoms with E-state index in [2.05, 4.69) is 152 Å². The molecule has 0 atom stereocenters. The Labute approximate surface area is 288 Å². The topological polar surface area (TPSA) is 0 Å². The van der Waals surface area contributed by atoms with Crippen molar-refractivity contribution in [1.82, 2.24) is 0 Å². The Morgan fingerprint density at radius 2 is 0.911 bits per heavy atom. The maximum absolute atomic E-state index is 6.70.